The maximum absolute atomic E-state index is 12.6. The molecule has 1 unspecified atom stereocenters. The van der Waals surface area contributed by atoms with Crippen LogP contribution in [0.1, 0.15) is 108 Å². The van der Waals surface area contributed by atoms with Gasteiger partial charge in [0.15, 0.2) is 0 Å². The molecule has 5 heteroatoms. The molecule has 0 bridgehead atoms. The number of carbonyl (C=O) groups is 1. The van der Waals surface area contributed by atoms with E-state index < -0.39 is 6.10 Å². The van der Waals surface area contributed by atoms with Crippen LogP contribution in [0.2, 0.25) is 0 Å². The van der Waals surface area contributed by atoms with E-state index in [2.05, 4.69) is 71.1 Å². The number of rotatable bonds is 9. The number of phenolic OH excluding ortho intramolecular Hbond substituents is 1. The number of aliphatic hydroxyl groups excluding tert-OH is 1. The minimum Gasteiger partial charge on any atom is -0.507 e. The predicted molar refractivity (Wildman–Crippen MR) is 157 cm³/mol. The van der Waals surface area contributed by atoms with Crippen molar-refractivity contribution in [3.63, 3.8) is 0 Å². The monoisotopic (exact) mass is 529 g/mol. The van der Waals surface area contributed by atoms with E-state index in [1.54, 1.807) is 18.2 Å². The van der Waals surface area contributed by atoms with Crippen molar-refractivity contribution in [1.82, 2.24) is 5.32 Å². The highest BCUT2D eigenvalue weighted by Crippen LogP contribution is 2.48. The molecule has 0 saturated carbocycles. The normalized spacial score (nSPS) is 15.7. The number of hydrogen-bond acceptors (Lipinski definition) is 4. The molecule has 0 fully saturated rings. The molecule has 1 aliphatic rings. The van der Waals surface area contributed by atoms with Crippen LogP contribution in [0.4, 0.5) is 0 Å². The van der Waals surface area contributed by atoms with Gasteiger partial charge in [0.1, 0.15) is 11.5 Å². The maximum Gasteiger partial charge on any atom is 0.255 e. The number of nitrogens with one attached hydrogen (secondary N) is 1. The minimum atomic E-state index is -0.638. The molecule has 5 nitrogen and oxygen atoms in total. The Hall–Kier alpha value is -3.31. The second-order valence-corrected chi connectivity index (χ2v) is 12.1. The zero-order valence-corrected chi connectivity index (χ0v) is 24.4. The van der Waals surface area contributed by atoms with Crippen LogP contribution in [0.25, 0.3) is 0 Å². The molecule has 0 aromatic heterocycles. The first-order valence-electron chi connectivity index (χ1n) is 14.0. The summed E-state index contributed by atoms with van der Waals surface area (Å²) in [4.78, 5) is 12.6. The zero-order chi connectivity index (χ0) is 28.5. The maximum atomic E-state index is 12.6. The number of amides is 1. The van der Waals surface area contributed by atoms with Crippen molar-refractivity contribution in [2.45, 2.75) is 79.2 Å². The van der Waals surface area contributed by atoms with E-state index in [-0.39, 0.29) is 28.6 Å². The second-order valence-electron chi connectivity index (χ2n) is 12.1. The SMILES string of the molecule is Cc1c(CC(C)(C)CCNC(=O)c2ccccc2O)c(C)c2c(c1C(C)O)OC[C@@H]2c1ccc(C(C)C)cc1. The van der Waals surface area contributed by atoms with Gasteiger partial charge in [-0.1, -0.05) is 64.1 Å². The van der Waals surface area contributed by atoms with Gasteiger partial charge >= 0.3 is 0 Å². The Kier molecular flexibility index (Phi) is 8.41. The summed E-state index contributed by atoms with van der Waals surface area (Å²) in [5.41, 5.74) is 8.36. The quantitative estimate of drug-likeness (QED) is 0.276. The third-order valence-corrected chi connectivity index (χ3v) is 8.26. The van der Waals surface area contributed by atoms with Crippen molar-refractivity contribution >= 4 is 5.91 Å². The van der Waals surface area contributed by atoms with Gasteiger partial charge in [-0.3, -0.25) is 4.79 Å². The van der Waals surface area contributed by atoms with Gasteiger partial charge in [-0.25, -0.2) is 0 Å². The van der Waals surface area contributed by atoms with Gasteiger partial charge in [-0.2, -0.15) is 0 Å². The minimum absolute atomic E-state index is 0.0140. The number of aromatic hydroxyl groups is 1. The molecule has 1 amide bonds. The zero-order valence-electron chi connectivity index (χ0n) is 24.4. The number of hydrogen-bond donors (Lipinski definition) is 3. The van der Waals surface area contributed by atoms with E-state index in [0.717, 1.165) is 29.7 Å². The van der Waals surface area contributed by atoms with E-state index in [1.807, 2.05) is 6.92 Å². The summed E-state index contributed by atoms with van der Waals surface area (Å²) in [7, 11) is 0. The van der Waals surface area contributed by atoms with Crippen molar-refractivity contribution in [3.8, 4) is 11.5 Å². The van der Waals surface area contributed by atoms with Gasteiger partial charge in [-0.05, 0) is 84.9 Å². The number of phenols is 1. The fourth-order valence-electron chi connectivity index (χ4n) is 5.90. The number of aliphatic hydroxyl groups is 1. The van der Waals surface area contributed by atoms with Gasteiger partial charge in [0, 0.05) is 23.6 Å². The first-order chi connectivity index (χ1) is 18.4. The highest BCUT2D eigenvalue weighted by molar-refractivity contribution is 5.96. The third kappa shape index (κ3) is 5.99. The molecule has 1 heterocycles. The van der Waals surface area contributed by atoms with Crippen LogP contribution in [0.15, 0.2) is 48.5 Å². The molecule has 3 aromatic rings. The van der Waals surface area contributed by atoms with Crippen molar-refractivity contribution in [3.05, 3.63) is 93.0 Å². The van der Waals surface area contributed by atoms with E-state index in [0.29, 0.717) is 19.1 Å². The van der Waals surface area contributed by atoms with Gasteiger partial charge < -0.3 is 20.3 Å². The summed E-state index contributed by atoms with van der Waals surface area (Å²) < 4.78 is 6.30. The van der Waals surface area contributed by atoms with Crippen LogP contribution >= 0.6 is 0 Å². The largest absolute Gasteiger partial charge is 0.507 e. The van der Waals surface area contributed by atoms with Crippen molar-refractivity contribution in [1.29, 1.82) is 0 Å². The van der Waals surface area contributed by atoms with Crippen LogP contribution in [0, 0.1) is 19.3 Å². The summed E-state index contributed by atoms with van der Waals surface area (Å²) in [5, 5.41) is 23.8. The molecule has 39 heavy (non-hydrogen) atoms. The Morgan fingerprint density at radius 2 is 1.72 bits per heavy atom. The molecule has 4 rings (SSSR count). The van der Waals surface area contributed by atoms with E-state index >= 15 is 0 Å². The van der Waals surface area contributed by atoms with E-state index in [9.17, 15) is 15.0 Å². The third-order valence-electron chi connectivity index (χ3n) is 8.26. The average molecular weight is 530 g/mol. The molecule has 0 spiro atoms. The fraction of sp³-hybridized carbons (Fsp3) is 0.441. The summed E-state index contributed by atoms with van der Waals surface area (Å²) in [5.74, 6) is 1.16. The van der Waals surface area contributed by atoms with Crippen LogP contribution in [0.5, 0.6) is 11.5 Å². The van der Waals surface area contributed by atoms with Crippen molar-refractivity contribution in [2.75, 3.05) is 13.2 Å². The van der Waals surface area contributed by atoms with E-state index in [4.69, 9.17) is 4.74 Å². The Balaban J connectivity index is 1.60. The van der Waals surface area contributed by atoms with Gasteiger partial charge in [-0.15, -0.1) is 0 Å². The molecule has 208 valence electrons. The number of carbonyl (C=O) groups excluding carboxylic acids is 1. The van der Waals surface area contributed by atoms with Crippen molar-refractivity contribution < 1.29 is 19.7 Å². The van der Waals surface area contributed by atoms with Gasteiger partial charge in [0.2, 0.25) is 0 Å². The molecular formula is C34H43NO4. The Morgan fingerprint density at radius 1 is 1.05 bits per heavy atom. The second kappa shape index (κ2) is 11.4. The predicted octanol–water partition coefficient (Wildman–Crippen LogP) is 7.10. The average Bonchev–Trinajstić information content (AvgIpc) is 3.31. The lowest BCUT2D eigenvalue weighted by molar-refractivity contribution is 0.0946. The van der Waals surface area contributed by atoms with Crippen LogP contribution in [0.3, 0.4) is 0 Å². The van der Waals surface area contributed by atoms with E-state index in [1.165, 1.54) is 33.9 Å². The number of benzene rings is 3. The number of para-hydroxylation sites is 1. The summed E-state index contributed by atoms with van der Waals surface area (Å²) in [6, 6.07) is 15.5. The first kappa shape index (κ1) is 28.7. The van der Waals surface area contributed by atoms with Crippen molar-refractivity contribution in [2.24, 2.45) is 5.41 Å². The lowest BCUT2D eigenvalue weighted by Gasteiger charge is -2.29. The summed E-state index contributed by atoms with van der Waals surface area (Å²) >= 11 is 0. The summed E-state index contributed by atoms with van der Waals surface area (Å²) in [6.45, 7) is 16.0. The smallest absolute Gasteiger partial charge is 0.255 e. The highest BCUT2D eigenvalue weighted by atomic mass is 16.5. The topological polar surface area (TPSA) is 78.8 Å². The highest BCUT2D eigenvalue weighted by Gasteiger charge is 2.35. The summed E-state index contributed by atoms with van der Waals surface area (Å²) in [6.07, 6.45) is 0.938. The first-order valence-corrected chi connectivity index (χ1v) is 14.0. The molecule has 0 radical (unpaired) electrons. The molecule has 2 atom stereocenters. The molecule has 0 aliphatic carbocycles. The Labute approximate surface area is 233 Å². The molecule has 3 N–H and O–H groups in total. The lowest BCUT2D eigenvalue weighted by atomic mass is 9.76. The molecule has 3 aromatic carbocycles. The molecular weight excluding hydrogens is 486 g/mol. The Bertz CT molecular complexity index is 1340. The number of ether oxygens (including phenoxy) is 1. The van der Waals surface area contributed by atoms with Crippen LogP contribution in [-0.4, -0.2) is 29.3 Å². The van der Waals surface area contributed by atoms with Gasteiger partial charge in [0.25, 0.3) is 5.91 Å². The van der Waals surface area contributed by atoms with Gasteiger partial charge in [0.05, 0.1) is 18.3 Å². The molecule has 1 aliphatic heterocycles. The van der Waals surface area contributed by atoms with Crippen LogP contribution in [-0.2, 0) is 6.42 Å². The van der Waals surface area contributed by atoms with Crippen LogP contribution < -0.4 is 10.1 Å². The Morgan fingerprint density at radius 3 is 2.33 bits per heavy atom. The standard InChI is InChI=1S/C34H43NO4/c1-20(2)24-12-14-25(15-13-24)28-19-39-32-30(23(5)36)21(3)27(22(4)31(28)32)18-34(6,7)16-17-35-33(38)26-10-8-9-11-29(26)37/h8-15,20,23,28,36-37H,16-19H2,1-7H3,(H,35,38)/t23?,28-/m1/s1. The molecule has 0 saturated heterocycles. The fourth-order valence-corrected chi connectivity index (χ4v) is 5.90. The lowest BCUT2D eigenvalue weighted by Crippen LogP contribution is -2.29. The number of fused-ring (bicyclic) bond motifs is 1.